The van der Waals surface area contributed by atoms with Gasteiger partial charge in [-0.1, -0.05) is 28.9 Å². The number of aryl methyl sites for hydroxylation is 2. The fourth-order valence-corrected chi connectivity index (χ4v) is 3.25. The van der Waals surface area contributed by atoms with Gasteiger partial charge in [-0.15, -0.1) is 0 Å². The Morgan fingerprint density at radius 2 is 2.10 bits per heavy atom. The van der Waals surface area contributed by atoms with Gasteiger partial charge in [-0.3, -0.25) is 4.68 Å². The number of nitrogens with one attached hydrogen (secondary N) is 1. The van der Waals surface area contributed by atoms with E-state index in [0.29, 0.717) is 12.0 Å². The Morgan fingerprint density at radius 1 is 1.38 bits per heavy atom. The number of likely N-dealkylation sites (N-methyl/N-ethyl adjacent to an activating group) is 1. The van der Waals surface area contributed by atoms with Crippen molar-refractivity contribution in [1.82, 2.24) is 15.1 Å². The Kier molecular flexibility index (Phi) is 5.57. The summed E-state index contributed by atoms with van der Waals surface area (Å²) in [7, 11) is 1.91. The molecule has 0 aliphatic carbocycles. The average Bonchev–Trinajstić information content (AvgIpc) is 2.65. The molecule has 1 atom stereocenters. The number of halogens is 3. The molecule has 1 unspecified atom stereocenters. The van der Waals surface area contributed by atoms with Crippen LogP contribution in [0.25, 0.3) is 0 Å². The molecule has 114 valence electrons. The molecule has 3 nitrogen and oxygen atoms in total. The van der Waals surface area contributed by atoms with Crippen molar-refractivity contribution in [1.29, 1.82) is 0 Å². The molecule has 21 heavy (non-hydrogen) atoms. The predicted molar refractivity (Wildman–Crippen MR) is 89.9 cm³/mol. The van der Waals surface area contributed by atoms with Crippen LogP contribution in [0.4, 0.5) is 4.39 Å². The summed E-state index contributed by atoms with van der Waals surface area (Å²) in [6.45, 7) is 4.75. The summed E-state index contributed by atoms with van der Waals surface area (Å²) in [4.78, 5) is 0. The maximum atomic E-state index is 14.2. The molecule has 6 heteroatoms. The molecule has 0 radical (unpaired) electrons. The Labute approximate surface area is 141 Å². The number of aromatic nitrogens is 2. The fourth-order valence-electron chi connectivity index (χ4n) is 2.42. The van der Waals surface area contributed by atoms with Gasteiger partial charge in [0.1, 0.15) is 5.82 Å². The van der Waals surface area contributed by atoms with E-state index >= 15 is 0 Å². The lowest BCUT2D eigenvalue weighted by molar-refractivity contribution is 0.496. The van der Waals surface area contributed by atoms with E-state index in [1.807, 2.05) is 37.7 Å². The van der Waals surface area contributed by atoms with E-state index in [1.54, 1.807) is 0 Å². The highest BCUT2D eigenvalue weighted by molar-refractivity contribution is 9.10. The quantitative estimate of drug-likeness (QED) is 0.784. The number of hydrogen-bond donors (Lipinski definition) is 1. The molecule has 0 saturated heterocycles. The van der Waals surface area contributed by atoms with Crippen LogP contribution in [0.1, 0.15) is 29.9 Å². The summed E-state index contributed by atoms with van der Waals surface area (Å²) in [5.74, 6) is -0.203. The molecule has 0 aliphatic heterocycles. The molecule has 0 amide bonds. The zero-order valence-electron chi connectivity index (χ0n) is 12.3. The van der Waals surface area contributed by atoms with Crippen LogP contribution in [-0.2, 0) is 13.5 Å². The van der Waals surface area contributed by atoms with Crippen LogP contribution in [0.2, 0.25) is 0 Å². The van der Waals surface area contributed by atoms with Crippen LogP contribution in [-0.4, -0.2) is 16.3 Å². The van der Waals surface area contributed by atoms with Crippen molar-refractivity contribution in [2.24, 2.45) is 7.05 Å². The van der Waals surface area contributed by atoms with Gasteiger partial charge in [-0.25, -0.2) is 4.39 Å². The molecule has 1 aromatic heterocycles. The van der Waals surface area contributed by atoms with Crippen LogP contribution >= 0.6 is 31.9 Å². The molecule has 0 aliphatic rings. The topological polar surface area (TPSA) is 29.9 Å². The first-order chi connectivity index (χ1) is 9.93. The van der Waals surface area contributed by atoms with Gasteiger partial charge in [-0.2, -0.15) is 5.10 Å². The molecule has 0 saturated carbocycles. The van der Waals surface area contributed by atoms with E-state index in [0.717, 1.165) is 26.9 Å². The van der Waals surface area contributed by atoms with Crippen LogP contribution in [0, 0.1) is 12.7 Å². The Hall–Kier alpha value is -0.720. The van der Waals surface area contributed by atoms with Crippen molar-refractivity contribution in [3.63, 3.8) is 0 Å². The van der Waals surface area contributed by atoms with E-state index in [9.17, 15) is 4.39 Å². The SMILES string of the molecule is CCNC(Cc1c(Br)c(C)nn1C)c1ccc(Br)cc1F. The highest BCUT2D eigenvalue weighted by atomic mass is 79.9. The average molecular weight is 419 g/mol. The molecular formula is C15H18Br2FN3. The number of nitrogens with zero attached hydrogens (tertiary/aromatic N) is 2. The first kappa shape index (κ1) is 16.6. The first-order valence-corrected chi connectivity index (χ1v) is 8.39. The minimum Gasteiger partial charge on any atom is -0.310 e. The van der Waals surface area contributed by atoms with Crippen LogP contribution in [0.5, 0.6) is 0 Å². The summed E-state index contributed by atoms with van der Waals surface area (Å²) >= 11 is 6.87. The van der Waals surface area contributed by atoms with E-state index in [2.05, 4.69) is 42.3 Å². The van der Waals surface area contributed by atoms with Crippen molar-refractivity contribution in [3.8, 4) is 0 Å². The lowest BCUT2D eigenvalue weighted by Crippen LogP contribution is -2.25. The van der Waals surface area contributed by atoms with Crippen LogP contribution in [0.15, 0.2) is 27.1 Å². The summed E-state index contributed by atoms with van der Waals surface area (Å²) in [5, 5.41) is 7.75. The number of hydrogen-bond acceptors (Lipinski definition) is 2. The third-order valence-electron chi connectivity index (χ3n) is 3.45. The molecule has 2 aromatic rings. The smallest absolute Gasteiger partial charge is 0.129 e. The molecule has 0 bridgehead atoms. The highest BCUT2D eigenvalue weighted by Crippen LogP contribution is 2.28. The second-order valence-electron chi connectivity index (χ2n) is 4.95. The van der Waals surface area contributed by atoms with Gasteiger partial charge in [0.25, 0.3) is 0 Å². The van der Waals surface area contributed by atoms with Gasteiger partial charge in [0.2, 0.25) is 0 Å². The normalized spacial score (nSPS) is 12.7. The molecular weight excluding hydrogens is 401 g/mol. The van der Waals surface area contributed by atoms with Crippen molar-refractivity contribution in [2.45, 2.75) is 26.3 Å². The minimum atomic E-state index is -0.203. The van der Waals surface area contributed by atoms with Crippen molar-refractivity contribution in [2.75, 3.05) is 6.54 Å². The summed E-state index contributed by atoms with van der Waals surface area (Å²) in [6, 6.07) is 5.11. The summed E-state index contributed by atoms with van der Waals surface area (Å²) in [6.07, 6.45) is 0.671. The molecule has 0 spiro atoms. The summed E-state index contributed by atoms with van der Waals surface area (Å²) < 4.78 is 17.8. The largest absolute Gasteiger partial charge is 0.310 e. The highest BCUT2D eigenvalue weighted by Gasteiger charge is 2.20. The van der Waals surface area contributed by atoms with Gasteiger partial charge in [0, 0.05) is 29.5 Å². The molecule has 2 rings (SSSR count). The Bertz CT molecular complexity index is 640. The molecule has 0 fully saturated rings. The zero-order chi connectivity index (χ0) is 15.6. The van der Waals surface area contributed by atoms with Gasteiger partial charge in [-0.05, 0) is 41.5 Å². The standard InChI is InChI=1S/C15H18Br2FN3/c1-4-19-13(11-6-5-10(16)7-12(11)18)8-14-15(17)9(2)20-21(14)3/h5-7,13,19H,4,8H2,1-3H3. The van der Waals surface area contributed by atoms with Gasteiger partial charge < -0.3 is 5.32 Å². The van der Waals surface area contributed by atoms with Gasteiger partial charge in [0.05, 0.1) is 15.9 Å². The van der Waals surface area contributed by atoms with E-state index in [-0.39, 0.29) is 11.9 Å². The maximum Gasteiger partial charge on any atom is 0.129 e. The van der Waals surface area contributed by atoms with Crippen molar-refractivity contribution in [3.05, 3.63) is 49.9 Å². The van der Waals surface area contributed by atoms with Gasteiger partial charge in [0.15, 0.2) is 0 Å². The monoisotopic (exact) mass is 417 g/mol. The number of benzene rings is 1. The summed E-state index contributed by atoms with van der Waals surface area (Å²) in [5.41, 5.74) is 2.67. The van der Waals surface area contributed by atoms with E-state index < -0.39 is 0 Å². The van der Waals surface area contributed by atoms with Crippen LogP contribution in [0.3, 0.4) is 0 Å². The molecule has 1 aromatic carbocycles. The zero-order valence-corrected chi connectivity index (χ0v) is 15.4. The second-order valence-corrected chi connectivity index (χ2v) is 6.66. The maximum absolute atomic E-state index is 14.2. The first-order valence-electron chi connectivity index (χ1n) is 6.80. The molecule has 1 N–H and O–H groups in total. The number of rotatable bonds is 5. The lowest BCUT2D eigenvalue weighted by Gasteiger charge is -2.19. The Balaban J connectivity index is 2.35. The van der Waals surface area contributed by atoms with Crippen LogP contribution < -0.4 is 5.32 Å². The molecule has 1 heterocycles. The second kappa shape index (κ2) is 7.03. The third kappa shape index (κ3) is 3.73. The Morgan fingerprint density at radius 3 is 2.62 bits per heavy atom. The minimum absolute atomic E-state index is 0.0887. The van der Waals surface area contributed by atoms with Crippen molar-refractivity contribution >= 4 is 31.9 Å². The van der Waals surface area contributed by atoms with Gasteiger partial charge >= 0.3 is 0 Å². The lowest BCUT2D eigenvalue weighted by atomic mass is 10.0. The van der Waals surface area contributed by atoms with Crippen molar-refractivity contribution < 1.29 is 4.39 Å². The predicted octanol–water partition coefficient (Wildman–Crippen LogP) is 4.29. The third-order valence-corrected chi connectivity index (χ3v) is 4.97. The van der Waals surface area contributed by atoms with E-state index in [1.165, 1.54) is 6.07 Å². The van der Waals surface area contributed by atoms with E-state index in [4.69, 9.17) is 0 Å². The fraction of sp³-hybridized carbons (Fsp3) is 0.400.